The highest BCUT2D eigenvalue weighted by molar-refractivity contribution is 9.10. The minimum Gasteiger partial charge on any atom is -0.258 e. The summed E-state index contributed by atoms with van der Waals surface area (Å²) in [6, 6.07) is 0.907. The molecule has 0 fully saturated rings. The zero-order valence-electron chi connectivity index (χ0n) is 7.79. The molecule has 0 unspecified atom stereocenters. The van der Waals surface area contributed by atoms with Crippen molar-refractivity contribution in [3.8, 4) is 0 Å². The third kappa shape index (κ3) is 2.89. The fourth-order valence-corrected chi connectivity index (χ4v) is 1.58. The van der Waals surface area contributed by atoms with Gasteiger partial charge in [0.25, 0.3) is 5.69 Å². The summed E-state index contributed by atoms with van der Waals surface area (Å²) in [5.74, 6) is 0. The third-order valence-corrected chi connectivity index (χ3v) is 2.33. The summed E-state index contributed by atoms with van der Waals surface area (Å²) in [6.45, 7) is 0. The van der Waals surface area contributed by atoms with E-state index in [1.54, 1.807) is 0 Å². The molecule has 1 aromatic rings. The molecule has 0 amide bonds. The second-order valence-corrected chi connectivity index (χ2v) is 3.64. The van der Waals surface area contributed by atoms with E-state index < -0.39 is 28.0 Å². The quantitative estimate of drug-likeness (QED) is 0.364. The SMILES string of the molecule is O=C=Nc1c(Br)cc(C(F)(F)F)cc1[N+](=O)[O-]. The van der Waals surface area contributed by atoms with E-state index in [0.29, 0.717) is 12.1 Å². The van der Waals surface area contributed by atoms with Gasteiger partial charge in [-0.3, -0.25) is 10.1 Å². The summed E-state index contributed by atoms with van der Waals surface area (Å²) >= 11 is 2.68. The molecule has 5 nitrogen and oxygen atoms in total. The zero-order valence-corrected chi connectivity index (χ0v) is 9.37. The standard InChI is InChI=1S/C8H2BrF3N2O3/c9-5-1-4(8(10,11)12)2-6(14(16)17)7(5)13-3-15/h1-2H. The van der Waals surface area contributed by atoms with E-state index in [1.807, 2.05) is 0 Å². The number of hydrogen-bond acceptors (Lipinski definition) is 4. The second-order valence-electron chi connectivity index (χ2n) is 2.78. The Morgan fingerprint density at radius 2 is 2.00 bits per heavy atom. The van der Waals surface area contributed by atoms with Crippen LogP contribution in [0.25, 0.3) is 0 Å². The molecule has 0 aliphatic heterocycles. The number of halogens is 4. The van der Waals surface area contributed by atoms with Gasteiger partial charge in [-0.15, -0.1) is 0 Å². The van der Waals surface area contributed by atoms with Gasteiger partial charge < -0.3 is 0 Å². The number of carbonyl (C=O) groups excluding carboxylic acids is 1. The molecule has 9 heteroatoms. The third-order valence-electron chi connectivity index (χ3n) is 1.72. The molecule has 17 heavy (non-hydrogen) atoms. The van der Waals surface area contributed by atoms with Gasteiger partial charge in [0.2, 0.25) is 6.08 Å². The molecule has 0 aliphatic rings. The fourth-order valence-electron chi connectivity index (χ4n) is 1.04. The number of benzene rings is 1. The summed E-state index contributed by atoms with van der Waals surface area (Å²) in [4.78, 5) is 22.5. The normalized spacial score (nSPS) is 10.8. The van der Waals surface area contributed by atoms with Crippen LogP contribution in [0.3, 0.4) is 0 Å². The van der Waals surface area contributed by atoms with Crippen LogP contribution in [-0.2, 0) is 11.0 Å². The first kappa shape index (κ1) is 13.3. The van der Waals surface area contributed by atoms with Crippen molar-refractivity contribution in [2.45, 2.75) is 6.18 Å². The van der Waals surface area contributed by atoms with Crippen LogP contribution in [0, 0.1) is 10.1 Å². The topological polar surface area (TPSA) is 72.6 Å². The molecule has 0 spiro atoms. The molecule has 1 rings (SSSR count). The van der Waals surface area contributed by atoms with E-state index in [4.69, 9.17) is 0 Å². The molecule has 0 saturated heterocycles. The molecular weight excluding hydrogens is 309 g/mol. The Balaban J connectivity index is 3.57. The molecule has 0 N–H and O–H groups in total. The molecule has 0 radical (unpaired) electrons. The summed E-state index contributed by atoms with van der Waals surface area (Å²) in [5.41, 5.74) is -2.63. The number of hydrogen-bond donors (Lipinski definition) is 0. The maximum atomic E-state index is 12.4. The lowest BCUT2D eigenvalue weighted by Gasteiger charge is -2.08. The molecule has 0 aromatic heterocycles. The Hall–Kier alpha value is -1.73. The number of nitrogens with zero attached hydrogens (tertiary/aromatic N) is 2. The van der Waals surface area contributed by atoms with Crippen molar-refractivity contribution >= 4 is 33.4 Å². The fraction of sp³-hybridized carbons (Fsp3) is 0.125. The minimum absolute atomic E-state index is 0.303. The van der Waals surface area contributed by atoms with E-state index in [1.165, 1.54) is 0 Å². The minimum atomic E-state index is -4.73. The maximum absolute atomic E-state index is 12.4. The largest absolute Gasteiger partial charge is 0.416 e. The van der Waals surface area contributed by atoms with Gasteiger partial charge in [0, 0.05) is 6.07 Å². The van der Waals surface area contributed by atoms with Crippen molar-refractivity contribution in [3.05, 3.63) is 32.3 Å². The van der Waals surface area contributed by atoms with Gasteiger partial charge in [0.05, 0.1) is 15.0 Å². The number of nitro benzene ring substituents is 1. The van der Waals surface area contributed by atoms with E-state index in [9.17, 15) is 28.1 Å². The lowest BCUT2D eigenvalue weighted by atomic mass is 10.1. The monoisotopic (exact) mass is 310 g/mol. The van der Waals surface area contributed by atoms with E-state index in [-0.39, 0.29) is 4.47 Å². The number of alkyl halides is 3. The molecule has 0 aliphatic carbocycles. The summed E-state index contributed by atoms with van der Waals surface area (Å²) < 4.78 is 36.8. The van der Waals surface area contributed by atoms with Crippen LogP contribution in [0.4, 0.5) is 24.5 Å². The van der Waals surface area contributed by atoms with Crippen molar-refractivity contribution in [2.24, 2.45) is 4.99 Å². The van der Waals surface area contributed by atoms with Gasteiger partial charge in [-0.25, -0.2) is 4.79 Å². The Morgan fingerprint density at radius 3 is 2.41 bits per heavy atom. The predicted octanol–water partition coefficient (Wildman–Crippen LogP) is 3.34. The van der Waals surface area contributed by atoms with Crippen LogP contribution in [0.15, 0.2) is 21.6 Å². The number of aliphatic imine (C=N–C) groups is 1. The molecule has 0 bridgehead atoms. The lowest BCUT2D eigenvalue weighted by molar-refractivity contribution is -0.384. The second kappa shape index (κ2) is 4.64. The van der Waals surface area contributed by atoms with Crippen molar-refractivity contribution < 1.29 is 22.9 Å². The first-order valence-electron chi connectivity index (χ1n) is 3.90. The van der Waals surface area contributed by atoms with Crippen LogP contribution >= 0.6 is 15.9 Å². The molecular formula is C8H2BrF3N2O3. The smallest absolute Gasteiger partial charge is 0.258 e. The predicted molar refractivity (Wildman–Crippen MR) is 53.6 cm³/mol. The Labute approximate surface area is 100 Å². The Kier molecular flexibility index (Phi) is 3.64. The molecule has 0 atom stereocenters. The van der Waals surface area contributed by atoms with Gasteiger partial charge in [-0.05, 0) is 22.0 Å². The number of isocyanates is 1. The number of nitro groups is 1. The van der Waals surface area contributed by atoms with Crippen LogP contribution in [0.1, 0.15) is 5.56 Å². The van der Waals surface area contributed by atoms with Crippen molar-refractivity contribution in [2.75, 3.05) is 0 Å². The first-order chi connectivity index (χ1) is 7.77. The summed E-state index contributed by atoms with van der Waals surface area (Å²) in [5, 5.41) is 10.6. The number of rotatable bonds is 2. The Bertz CT molecular complexity index is 523. The molecule has 0 saturated carbocycles. The lowest BCUT2D eigenvalue weighted by Crippen LogP contribution is -2.05. The van der Waals surface area contributed by atoms with Crippen LogP contribution in [0.5, 0.6) is 0 Å². The highest BCUT2D eigenvalue weighted by Crippen LogP contribution is 2.41. The van der Waals surface area contributed by atoms with Gasteiger partial charge in [-0.2, -0.15) is 18.2 Å². The highest BCUT2D eigenvalue weighted by Gasteiger charge is 2.34. The maximum Gasteiger partial charge on any atom is 0.416 e. The molecule has 0 heterocycles. The van der Waals surface area contributed by atoms with Gasteiger partial charge in [0.1, 0.15) is 0 Å². The van der Waals surface area contributed by atoms with Crippen LogP contribution in [-0.4, -0.2) is 11.0 Å². The van der Waals surface area contributed by atoms with Gasteiger partial charge in [0.15, 0.2) is 5.69 Å². The van der Waals surface area contributed by atoms with Gasteiger partial charge in [-0.1, -0.05) is 0 Å². The van der Waals surface area contributed by atoms with Gasteiger partial charge >= 0.3 is 6.18 Å². The van der Waals surface area contributed by atoms with Crippen molar-refractivity contribution in [1.82, 2.24) is 0 Å². The van der Waals surface area contributed by atoms with Crippen LogP contribution in [0.2, 0.25) is 0 Å². The van der Waals surface area contributed by atoms with E-state index in [2.05, 4.69) is 20.9 Å². The molecule has 1 aromatic carbocycles. The van der Waals surface area contributed by atoms with Crippen molar-refractivity contribution in [1.29, 1.82) is 0 Å². The van der Waals surface area contributed by atoms with E-state index >= 15 is 0 Å². The van der Waals surface area contributed by atoms with Crippen LogP contribution < -0.4 is 0 Å². The van der Waals surface area contributed by atoms with Crippen molar-refractivity contribution in [3.63, 3.8) is 0 Å². The zero-order chi connectivity index (χ0) is 13.2. The van der Waals surface area contributed by atoms with E-state index in [0.717, 1.165) is 6.08 Å². The Morgan fingerprint density at radius 1 is 1.41 bits per heavy atom. The first-order valence-corrected chi connectivity index (χ1v) is 4.69. The highest BCUT2D eigenvalue weighted by atomic mass is 79.9. The molecule has 90 valence electrons. The average Bonchev–Trinajstić information content (AvgIpc) is 2.18. The summed E-state index contributed by atoms with van der Waals surface area (Å²) in [6.07, 6.45) is -3.69. The summed E-state index contributed by atoms with van der Waals surface area (Å²) in [7, 11) is 0. The average molecular weight is 311 g/mol.